The molecule has 100 valence electrons. The van der Waals surface area contributed by atoms with Crippen molar-refractivity contribution in [3.8, 4) is 0 Å². The molecule has 0 radical (unpaired) electrons. The zero-order chi connectivity index (χ0) is 14.4. The zero-order valence-corrected chi connectivity index (χ0v) is 15.8. The molecule has 3 nitrogen and oxygen atoms in total. The number of anilines is 1. The first-order chi connectivity index (χ1) is 9.50. The van der Waals surface area contributed by atoms with Crippen LogP contribution in [0.5, 0.6) is 0 Å². The van der Waals surface area contributed by atoms with Crippen LogP contribution in [0.2, 0.25) is 0 Å². The lowest BCUT2D eigenvalue weighted by molar-refractivity contribution is 0.0925. The van der Waals surface area contributed by atoms with Crippen LogP contribution >= 0.6 is 61.1 Å². The van der Waals surface area contributed by atoms with Gasteiger partial charge in [0.05, 0.1) is 16.8 Å². The molecule has 1 aliphatic rings. The minimum Gasteiger partial charge on any atom is -0.268 e. The average Bonchev–Trinajstić information content (AvgIpc) is 2.64. The van der Waals surface area contributed by atoms with Gasteiger partial charge in [-0.3, -0.25) is 9.59 Å². The van der Waals surface area contributed by atoms with Crippen LogP contribution in [0.4, 0.5) is 5.69 Å². The Balaban J connectivity index is 2.19. The Morgan fingerprint density at radius 1 is 0.900 bits per heavy atom. The third kappa shape index (κ3) is 2.21. The van der Waals surface area contributed by atoms with Crippen molar-refractivity contribution in [1.29, 1.82) is 0 Å². The van der Waals surface area contributed by atoms with E-state index in [1.807, 2.05) is 12.1 Å². The first-order valence-corrected chi connectivity index (χ1v) is 8.58. The van der Waals surface area contributed by atoms with Crippen LogP contribution < -0.4 is 4.90 Å². The molecule has 1 heterocycles. The lowest BCUT2D eigenvalue weighted by Gasteiger charge is -2.18. The van der Waals surface area contributed by atoms with Crippen LogP contribution in [0.25, 0.3) is 0 Å². The van der Waals surface area contributed by atoms with Gasteiger partial charge in [0.2, 0.25) is 0 Å². The summed E-state index contributed by atoms with van der Waals surface area (Å²) in [6.07, 6.45) is 0. The van der Waals surface area contributed by atoms with E-state index in [1.165, 1.54) is 4.90 Å². The molecule has 20 heavy (non-hydrogen) atoms. The third-order valence-corrected chi connectivity index (χ3v) is 5.10. The quantitative estimate of drug-likeness (QED) is 0.386. The summed E-state index contributed by atoms with van der Waals surface area (Å²) in [6.45, 7) is 0. The monoisotopic (exact) mass is 553 g/mol. The number of rotatable bonds is 1. The molecular formula is C14H6BrI2NO2. The van der Waals surface area contributed by atoms with Crippen molar-refractivity contribution in [1.82, 2.24) is 0 Å². The highest BCUT2D eigenvalue weighted by Crippen LogP contribution is 2.36. The van der Waals surface area contributed by atoms with Crippen molar-refractivity contribution < 1.29 is 9.59 Å². The van der Waals surface area contributed by atoms with E-state index in [1.54, 1.807) is 24.3 Å². The van der Waals surface area contributed by atoms with Gasteiger partial charge in [-0.1, -0.05) is 28.1 Å². The van der Waals surface area contributed by atoms with Gasteiger partial charge in [0.15, 0.2) is 0 Å². The number of nitrogens with zero attached hydrogens (tertiary/aromatic N) is 1. The van der Waals surface area contributed by atoms with Crippen molar-refractivity contribution in [2.45, 2.75) is 0 Å². The molecule has 1 aliphatic heterocycles. The van der Waals surface area contributed by atoms with Crippen LogP contribution in [-0.2, 0) is 0 Å². The molecule has 0 unspecified atom stereocenters. The molecule has 2 aromatic rings. The van der Waals surface area contributed by atoms with Crippen molar-refractivity contribution >= 4 is 78.6 Å². The highest BCUT2D eigenvalue weighted by Gasteiger charge is 2.38. The average molecular weight is 554 g/mol. The van der Waals surface area contributed by atoms with Crippen LogP contribution in [0, 0.1) is 7.14 Å². The van der Waals surface area contributed by atoms with E-state index in [0.717, 1.165) is 11.6 Å². The predicted molar refractivity (Wildman–Crippen MR) is 97.2 cm³/mol. The van der Waals surface area contributed by atoms with Gasteiger partial charge < -0.3 is 0 Å². The van der Waals surface area contributed by atoms with E-state index in [2.05, 4.69) is 61.1 Å². The van der Waals surface area contributed by atoms with Gasteiger partial charge in [0.25, 0.3) is 11.8 Å². The number of hydrogen-bond donors (Lipinski definition) is 0. The van der Waals surface area contributed by atoms with E-state index in [-0.39, 0.29) is 11.8 Å². The number of benzene rings is 2. The van der Waals surface area contributed by atoms with E-state index in [9.17, 15) is 9.59 Å². The summed E-state index contributed by atoms with van der Waals surface area (Å²) in [7, 11) is 0. The van der Waals surface area contributed by atoms with E-state index < -0.39 is 0 Å². The molecule has 2 aromatic carbocycles. The fraction of sp³-hybridized carbons (Fsp3) is 0. The number of amides is 2. The first kappa shape index (κ1) is 14.5. The zero-order valence-electron chi connectivity index (χ0n) is 9.86. The van der Waals surface area contributed by atoms with Crippen LogP contribution in [0.3, 0.4) is 0 Å². The molecule has 0 saturated heterocycles. The summed E-state index contributed by atoms with van der Waals surface area (Å²) in [5, 5.41) is 0. The Morgan fingerprint density at radius 2 is 1.35 bits per heavy atom. The van der Waals surface area contributed by atoms with Gasteiger partial charge in [-0.25, -0.2) is 4.90 Å². The molecule has 0 saturated carbocycles. The largest absolute Gasteiger partial charge is 0.268 e. The Bertz CT molecular complexity index is 703. The fourth-order valence-corrected chi connectivity index (χ4v) is 5.70. The topological polar surface area (TPSA) is 37.4 Å². The number of carbonyl (C=O) groups is 2. The van der Waals surface area contributed by atoms with Gasteiger partial charge in [-0.05, 0) is 69.4 Å². The summed E-state index contributed by atoms with van der Waals surface area (Å²) < 4.78 is 2.64. The standard InChI is InChI=1S/C14H6BrI2NO2/c15-7-5-10(16)12(11(17)6-7)18-13(19)8-3-1-2-4-9(8)14(18)20/h1-6H. The highest BCUT2D eigenvalue weighted by atomic mass is 127. The van der Waals surface area contributed by atoms with Crippen LogP contribution in [-0.4, -0.2) is 11.8 Å². The molecule has 0 atom stereocenters. The Labute approximate surface area is 151 Å². The molecule has 0 spiro atoms. The lowest BCUT2D eigenvalue weighted by Crippen LogP contribution is -2.30. The van der Waals surface area contributed by atoms with Crippen LogP contribution in [0.1, 0.15) is 20.7 Å². The maximum Gasteiger partial charge on any atom is 0.266 e. The molecule has 0 aliphatic carbocycles. The van der Waals surface area contributed by atoms with Crippen molar-refractivity contribution in [2.75, 3.05) is 4.90 Å². The van der Waals surface area contributed by atoms with Gasteiger partial charge >= 0.3 is 0 Å². The maximum atomic E-state index is 12.5. The summed E-state index contributed by atoms with van der Waals surface area (Å²) in [5.41, 5.74) is 1.58. The van der Waals surface area contributed by atoms with E-state index >= 15 is 0 Å². The number of imide groups is 1. The lowest BCUT2D eigenvalue weighted by atomic mass is 10.1. The number of halogens is 3. The van der Waals surface area contributed by atoms with Crippen molar-refractivity contribution in [2.24, 2.45) is 0 Å². The molecule has 0 aromatic heterocycles. The van der Waals surface area contributed by atoms with Gasteiger partial charge in [0.1, 0.15) is 0 Å². The molecule has 2 amide bonds. The van der Waals surface area contributed by atoms with Crippen molar-refractivity contribution in [3.05, 3.63) is 59.1 Å². The Morgan fingerprint density at radius 3 is 1.80 bits per heavy atom. The molecule has 0 bridgehead atoms. The predicted octanol–water partition coefficient (Wildman–Crippen LogP) is 4.46. The molecule has 6 heteroatoms. The normalized spacial score (nSPS) is 13.8. The fourth-order valence-electron chi connectivity index (χ4n) is 2.14. The minimum atomic E-state index is -0.260. The van der Waals surface area contributed by atoms with Gasteiger partial charge in [-0.15, -0.1) is 0 Å². The van der Waals surface area contributed by atoms with Gasteiger partial charge in [0, 0.05) is 11.6 Å². The second kappa shape index (κ2) is 5.38. The minimum absolute atomic E-state index is 0.260. The van der Waals surface area contributed by atoms with Crippen molar-refractivity contribution in [3.63, 3.8) is 0 Å². The number of carbonyl (C=O) groups excluding carboxylic acids is 2. The Hall–Kier alpha value is -0.480. The summed E-state index contributed by atoms with van der Waals surface area (Å²) in [6, 6.07) is 10.7. The third-order valence-electron chi connectivity index (χ3n) is 3.00. The molecule has 0 fully saturated rings. The smallest absolute Gasteiger partial charge is 0.266 e. The first-order valence-electron chi connectivity index (χ1n) is 5.63. The number of hydrogen-bond acceptors (Lipinski definition) is 2. The second-order valence-electron chi connectivity index (χ2n) is 4.21. The summed E-state index contributed by atoms with van der Waals surface area (Å²) >= 11 is 7.70. The molecular weight excluding hydrogens is 548 g/mol. The maximum absolute atomic E-state index is 12.5. The van der Waals surface area contributed by atoms with Crippen LogP contribution in [0.15, 0.2) is 40.9 Å². The van der Waals surface area contributed by atoms with E-state index in [0.29, 0.717) is 16.8 Å². The Kier molecular flexibility index (Phi) is 3.89. The summed E-state index contributed by atoms with van der Waals surface area (Å²) in [5.74, 6) is -0.521. The summed E-state index contributed by atoms with van der Waals surface area (Å²) in [4.78, 5) is 26.2. The SMILES string of the molecule is O=C1c2ccccc2C(=O)N1c1c(I)cc(Br)cc1I. The second-order valence-corrected chi connectivity index (χ2v) is 7.45. The highest BCUT2D eigenvalue weighted by molar-refractivity contribution is 14.1. The molecule has 3 rings (SSSR count). The van der Waals surface area contributed by atoms with Gasteiger partial charge in [-0.2, -0.15) is 0 Å². The molecule has 0 N–H and O–H groups in total. The number of fused-ring (bicyclic) bond motifs is 1. The van der Waals surface area contributed by atoms with E-state index in [4.69, 9.17) is 0 Å².